The van der Waals surface area contributed by atoms with Crippen LogP contribution in [0.15, 0.2) is 0 Å². The van der Waals surface area contributed by atoms with E-state index in [9.17, 15) is 5.11 Å². The fourth-order valence-electron chi connectivity index (χ4n) is 3.27. The summed E-state index contributed by atoms with van der Waals surface area (Å²) >= 11 is 0. The lowest BCUT2D eigenvalue weighted by Crippen LogP contribution is -2.27. The Labute approximate surface area is 153 Å². The number of unbranched alkanes of at least 4 members (excludes halogenated alkanes) is 14. The molecule has 0 radical (unpaired) electrons. The van der Waals surface area contributed by atoms with E-state index in [1.807, 2.05) is 0 Å². The van der Waals surface area contributed by atoms with Gasteiger partial charge in [-0.25, -0.2) is 0 Å². The zero-order valence-corrected chi connectivity index (χ0v) is 17.0. The van der Waals surface area contributed by atoms with E-state index in [0.29, 0.717) is 0 Å². The molecule has 2 heteroatoms. The quantitative estimate of drug-likeness (QED) is 0.244. The summed E-state index contributed by atoms with van der Waals surface area (Å²) in [6.45, 7) is 6.39. The summed E-state index contributed by atoms with van der Waals surface area (Å²) in [6, 6.07) is 0. The van der Waals surface area contributed by atoms with Gasteiger partial charge in [-0.15, -0.1) is 0 Å². The molecule has 146 valence electrons. The van der Waals surface area contributed by atoms with Crippen LogP contribution in [-0.2, 0) is 0 Å². The molecule has 2 N–H and O–H groups in total. The van der Waals surface area contributed by atoms with E-state index in [-0.39, 0.29) is 6.10 Å². The minimum Gasteiger partial charge on any atom is -0.392 e. The molecule has 0 heterocycles. The van der Waals surface area contributed by atoms with Gasteiger partial charge in [0.1, 0.15) is 0 Å². The third-order valence-corrected chi connectivity index (χ3v) is 4.98. The minimum atomic E-state index is -0.140. The van der Waals surface area contributed by atoms with Crippen LogP contribution in [-0.4, -0.2) is 24.3 Å². The molecule has 24 heavy (non-hydrogen) atoms. The summed E-state index contributed by atoms with van der Waals surface area (Å²) in [7, 11) is 0. The van der Waals surface area contributed by atoms with Crippen molar-refractivity contribution in [2.75, 3.05) is 13.1 Å². The lowest BCUT2D eigenvalue weighted by molar-refractivity contribution is 0.158. The molecule has 0 saturated carbocycles. The Morgan fingerprint density at radius 2 is 1.00 bits per heavy atom. The molecule has 1 unspecified atom stereocenters. The highest BCUT2D eigenvalue weighted by Crippen LogP contribution is 2.10. The van der Waals surface area contributed by atoms with E-state index in [2.05, 4.69) is 19.2 Å². The molecule has 0 saturated heterocycles. The first-order valence-corrected chi connectivity index (χ1v) is 11.2. The van der Waals surface area contributed by atoms with Crippen molar-refractivity contribution in [1.82, 2.24) is 5.32 Å². The van der Waals surface area contributed by atoms with Gasteiger partial charge in [-0.05, 0) is 19.4 Å². The highest BCUT2D eigenvalue weighted by Gasteiger charge is 2.03. The predicted octanol–water partition coefficient (Wildman–Crippen LogP) is 6.61. The first-order chi connectivity index (χ1) is 11.8. The van der Waals surface area contributed by atoms with E-state index in [4.69, 9.17) is 0 Å². The Morgan fingerprint density at radius 3 is 1.50 bits per heavy atom. The number of rotatable bonds is 20. The average molecular weight is 342 g/mol. The van der Waals surface area contributed by atoms with Crippen molar-refractivity contribution in [2.24, 2.45) is 0 Å². The zero-order valence-electron chi connectivity index (χ0n) is 17.0. The first kappa shape index (κ1) is 23.9. The molecule has 1 atom stereocenters. The molecule has 0 fully saturated rings. The topological polar surface area (TPSA) is 32.3 Å². The SMILES string of the molecule is CCCCCCCCCCCCNCC(O)CCCCCCCC. The van der Waals surface area contributed by atoms with Gasteiger partial charge < -0.3 is 10.4 Å². The zero-order chi connectivity index (χ0) is 17.7. The van der Waals surface area contributed by atoms with Crippen LogP contribution in [0, 0.1) is 0 Å². The van der Waals surface area contributed by atoms with Gasteiger partial charge in [-0.3, -0.25) is 0 Å². The number of hydrogen-bond acceptors (Lipinski definition) is 2. The van der Waals surface area contributed by atoms with E-state index < -0.39 is 0 Å². The van der Waals surface area contributed by atoms with Crippen LogP contribution in [0.2, 0.25) is 0 Å². The van der Waals surface area contributed by atoms with Crippen LogP contribution < -0.4 is 5.32 Å². The summed E-state index contributed by atoms with van der Waals surface area (Å²) in [5.41, 5.74) is 0. The monoisotopic (exact) mass is 341 g/mol. The van der Waals surface area contributed by atoms with Gasteiger partial charge in [0, 0.05) is 6.54 Å². The Hall–Kier alpha value is -0.0800. The lowest BCUT2D eigenvalue weighted by Gasteiger charge is -2.11. The Morgan fingerprint density at radius 1 is 0.583 bits per heavy atom. The van der Waals surface area contributed by atoms with E-state index in [1.165, 1.54) is 103 Å². The van der Waals surface area contributed by atoms with Crippen LogP contribution in [0.5, 0.6) is 0 Å². The van der Waals surface area contributed by atoms with Crippen molar-refractivity contribution in [1.29, 1.82) is 0 Å². The molecule has 0 aromatic heterocycles. The maximum absolute atomic E-state index is 9.95. The molecule has 0 aliphatic carbocycles. The summed E-state index contributed by atoms with van der Waals surface area (Å²) < 4.78 is 0. The van der Waals surface area contributed by atoms with Crippen LogP contribution >= 0.6 is 0 Å². The van der Waals surface area contributed by atoms with E-state index in [0.717, 1.165) is 19.5 Å². The van der Waals surface area contributed by atoms with Crippen molar-refractivity contribution in [2.45, 2.75) is 129 Å². The van der Waals surface area contributed by atoms with Gasteiger partial charge in [-0.2, -0.15) is 0 Å². The molecule has 0 rings (SSSR count). The van der Waals surface area contributed by atoms with Crippen LogP contribution in [0.4, 0.5) is 0 Å². The summed E-state index contributed by atoms with van der Waals surface area (Å²) in [5.74, 6) is 0. The highest BCUT2D eigenvalue weighted by atomic mass is 16.3. The van der Waals surface area contributed by atoms with Crippen molar-refractivity contribution in [3.63, 3.8) is 0 Å². The van der Waals surface area contributed by atoms with E-state index in [1.54, 1.807) is 0 Å². The number of nitrogens with one attached hydrogen (secondary N) is 1. The standard InChI is InChI=1S/C22H47NO/c1-3-5-7-9-11-12-13-14-16-18-20-23-21-22(24)19-17-15-10-8-6-4-2/h22-24H,3-21H2,1-2H3. The van der Waals surface area contributed by atoms with Crippen molar-refractivity contribution >= 4 is 0 Å². The number of aliphatic hydroxyl groups is 1. The fourth-order valence-corrected chi connectivity index (χ4v) is 3.27. The van der Waals surface area contributed by atoms with Crippen LogP contribution in [0.1, 0.15) is 123 Å². The second kappa shape index (κ2) is 21.0. The summed E-state index contributed by atoms with van der Waals surface area (Å²) in [4.78, 5) is 0. The van der Waals surface area contributed by atoms with Gasteiger partial charge >= 0.3 is 0 Å². The molecule has 2 nitrogen and oxygen atoms in total. The van der Waals surface area contributed by atoms with Crippen molar-refractivity contribution in [3.8, 4) is 0 Å². The van der Waals surface area contributed by atoms with Crippen LogP contribution in [0.25, 0.3) is 0 Å². The molecule has 0 spiro atoms. The fraction of sp³-hybridized carbons (Fsp3) is 1.00. The predicted molar refractivity (Wildman–Crippen MR) is 109 cm³/mol. The molecular formula is C22H47NO. The smallest absolute Gasteiger partial charge is 0.0664 e. The highest BCUT2D eigenvalue weighted by molar-refractivity contribution is 4.60. The number of hydrogen-bond donors (Lipinski definition) is 2. The second-order valence-corrected chi connectivity index (χ2v) is 7.60. The maximum Gasteiger partial charge on any atom is 0.0664 e. The molecule has 0 aromatic carbocycles. The van der Waals surface area contributed by atoms with Gasteiger partial charge in [0.2, 0.25) is 0 Å². The van der Waals surface area contributed by atoms with Crippen molar-refractivity contribution < 1.29 is 5.11 Å². The normalized spacial score (nSPS) is 12.6. The maximum atomic E-state index is 9.95. The first-order valence-electron chi connectivity index (χ1n) is 11.2. The van der Waals surface area contributed by atoms with Gasteiger partial charge in [-0.1, -0.05) is 110 Å². The average Bonchev–Trinajstić information content (AvgIpc) is 2.59. The largest absolute Gasteiger partial charge is 0.392 e. The summed E-state index contributed by atoms with van der Waals surface area (Å²) in [5, 5.41) is 13.4. The molecule has 0 amide bonds. The Balaban J connectivity index is 3.10. The molecule has 0 aromatic rings. The second-order valence-electron chi connectivity index (χ2n) is 7.60. The molecule has 0 bridgehead atoms. The Kier molecular flexibility index (Phi) is 20.9. The summed E-state index contributed by atoms with van der Waals surface area (Å²) in [6.07, 6.45) is 22.6. The molecular weight excluding hydrogens is 294 g/mol. The molecule has 0 aliphatic rings. The lowest BCUT2D eigenvalue weighted by atomic mass is 10.1. The molecule has 0 aliphatic heterocycles. The Bertz CT molecular complexity index is 220. The van der Waals surface area contributed by atoms with Crippen molar-refractivity contribution in [3.05, 3.63) is 0 Å². The van der Waals surface area contributed by atoms with E-state index >= 15 is 0 Å². The minimum absolute atomic E-state index is 0.140. The number of aliphatic hydroxyl groups excluding tert-OH is 1. The van der Waals surface area contributed by atoms with Crippen LogP contribution in [0.3, 0.4) is 0 Å². The third kappa shape index (κ3) is 20.0. The van der Waals surface area contributed by atoms with Gasteiger partial charge in [0.25, 0.3) is 0 Å². The van der Waals surface area contributed by atoms with Gasteiger partial charge in [0.05, 0.1) is 6.10 Å². The van der Waals surface area contributed by atoms with Gasteiger partial charge in [0.15, 0.2) is 0 Å². The third-order valence-electron chi connectivity index (χ3n) is 4.98.